The van der Waals surface area contributed by atoms with Crippen LogP contribution in [0.1, 0.15) is 37.1 Å². The van der Waals surface area contributed by atoms with Crippen molar-refractivity contribution in [1.29, 1.82) is 0 Å². The lowest BCUT2D eigenvalue weighted by Gasteiger charge is -2.37. The second-order valence-electron chi connectivity index (χ2n) is 7.98. The molecule has 30 heavy (non-hydrogen) atoms. The SMILES string of the molecule is CC1CCN(C(CNC(=O)Cc2csc(-c3ccccn3)n2)c2ccccc2)CC1. The Balaban J connectivity index is 1.37. The Morgan fingerprint density at radius 1 is 1.17 bits per heavy atom. The molecule has 1 unspecified atom stereocenters. The van der Waals surface area contributed by atoms with E-state index in [4.69, 9.17) is 0 Å². The van der Waals surface area contributed by atoms with E-state index in [0.29, 0.717) is 13.0 Å². The van der Waals surface area contributed by atoms with Crippen LogP contribution in [0.4, 0.5) is 0 Å². The minimum Gasteiger partial charge on any atom is -0.354 e. The summed E-state index contributed by atoms with van der Waals surface area (Å²) in [7, 11) is 0. The number of thiazole rings is 1. The third kappa shape index (κ3) is 5.32. The quantitative estimate of drug-likeness (QED) is 0.618. The molecular weight excluding hydrogens is 392 g/mol. The van der Waals surface area contributed by atoms with Gasteiger partial charge >= 0.3 is 0 Å². The van der Waals surface area contributed by atoms with Crippen molar-refractivity contribution in [3.63, 3.8) is 0 Å². The number of amides is 1. The van der Waals surface area contributed by atoms with Gasteiger partial charge in [-0.25, -0.2) is 4.98 Å². The molecule has 0 bridgehead atoms. The molecule has 0 saturated carbocycles. The minimum absolute atomic E-state index is 0.0131. The van der Waals surface area contributed by atoms with Gasteiger partial charge in [0.1, 0.15) is 5.01 Å². The summed E-state index contributed by atoms with van der Waals surface area (Å²) in [5.74, 6) is 0.796. The molecule has 156 valence electrons. The van der Waals surface area contributed by atoms with Crippen molar-refractivity contribution >= 4 is 17.2 Å². The number of likely N-dealkylation sites (tertiary alicyclic amines) is 1. The maximum Gasteiger partial charge on any atom is 0.226 e. The van der Waals surface area contributed by atoms with Gasteiger partial charge in [0.2, 0.25) is 5.91 Å². The summed E-state index contributed by atoms with van der Waals surface area (Å²) in [6.45, 7) is 5.10. The Kier molecular flexibility index (Phi) is 6.87. The summed E-state index contributed by atoms with van der Waals surface area (Å²) in [6, 6.07) is 16.5. The predicted octanol–water partition coefficient (Wildman–Crippen LogP) is 4.34. The summed E-state index contributed by atoms with van der Waals surface area (Å²) in [5, 5.41) is 5.95. The first kappa shape index (κ1) is 20.7. The highest BCUT2D eigenvalue weighted by Gasteiger charge is 2.25. The third-order valence-electron chi connectivity index (χ3n) is 5.71. The smallest absolute Gasteiger partial charge is 0.226 e. The van der Waals surface area contributed by atoms with Crippen LogP contribution < -0.4 is 5.32 Å². The molecule has 0 aliphatic carbocycles. The number of nitrogens with zero attached hydrogens (tertiary/aromatic N) is 3. The second-order valence-corrected chi connectivity index (χ2v) is 8.84. The number of aromatic nitrogens is 2. The molecule has 1 saturated heterocycles. The van der Waals surface area contributed by atoms with Crippen molar-refractivity contribution in [2.75, 3.05) is 19.6 Å². The van der Waals surface area contributed by atoms with Crippen LogP contribution in [0.15, 0.2) is 60.1 Å². The zero-order chi connectivity index (χ0) is 20.8. The first-order valence-electron chi connectivity index (χ1n) is 10.6. The zero-order valence-corrected chi connectivity index (χ0v) is 18.1. The molecular formula is C24H28N4OS. The highest BCUT2D eigenvalue weighted by Crippen LogP contribution is 2.26. The molecule has 1 N–H and O–H groups in total. The molecule has 1 aromatic carbocycles. The number of carbonyl (C=O) groups excluding carboxylic acids is 1. The van der Waals surface area contributed by atoms with Gasteiger partial charge in [-0.05, 0) is 49.5 Å². The first-order valence-corrected chi connectivity index (χ1v) is 11.5. The fourth-order valence-electron chi connectivity index (χ4n) is 3.91. The topological polar surface area (TPSA) is 58.1 Å². The van der Waals surface area contributed by atoms with Gasteiger partial charge in [-0.2, -0.15) is 0 Å². The fourth-order valence-corrected chi connectivity index (χ4v) is 4.70. The highest BCUT2D eigenvalue weighted by atomic mass is 32.1. The molecule has 1 atom stereocenters. The van der Waals surface area contributed by atoms with Crippen molar-refractivity contribution in [2.45, 2.75) is 32.2 Å². The molecule has 3 aromatic rings. The van der Waals surface area contributed by atoms with E-state index in [-0.39, 0.29) is 11.9 Å². The molecule has 0 spiro atoms. The summed E-state index contributed by atoms with van der Waals surface area (Å²) in [5.41, 5.74) is 2.90. The van der Waals surface area contributed by atoms with Gasteiger partial charge in [-0.3, -0.25) is 14.7 Å². The van der Waals surface area contributed by atoms with E-state index in [1.165, 1.54) is 29.7 Å². The van der Waals surface area contributed by atoms with Crippen LogP contribution >= 0.6 is 11.3 Å². The van der Waals surface area contributed by atoms with Gasteiger partial charge in [0.15, 0.2) is 0 Å². The Labute approximate surface area is 182 Å². The number of hydrogen-bond donors (Lipinski definition) is 1. The average molecular weight is 421 g/mol. The monoisotopic (exact) mass is 420 g/mol. The molecule has 1 aliphatic rings. The van der Waals surface area contributed by atoms with Crippen LogP contribution in [0.5, 0.6) is 0 Å². The van der Waals surface area contributed by atoms with Gasteiger partial charge < -0.3 is 5.32 Å². The third-order valence-corrected chi connectivity index (χ3v) is 6.63. The fraction of sp³-hybridized carbons (Fsp3) is 0.375. The van der Waals surface area contributed by atoms with E-state index in [2.05, 4.69) is 51.4 Å². The Bertz CT molecular complexity index is 936. The van der Waals surface area contributed by atoms with Gasteiger partial charge in [-0.1, -0.05) is 43.3 Å². The lowest BCUT2D eigenvalue weighted by Crippen LogP contribution is -2.42. The maximum atomic E-state index is 12.6. The Hall–Kier alpha value is -2.57. The summed E-state index contributed by atoms with van der Waals surface area (Å²) in [6.07, 6.45) is 4.48. The Morgan fingerprint density at radius 3 is 2.67 bits per heavy atom. The number of hydrogen-bond acceptors (Lipinski definition) is 5. The lowest BCUT2D eigenvalue weighted by atomic mass is 9.95. The van der Waals surface area contributed by atoms with E-state index in [0.717, 1.165) is 35.4 Å². The van der Waals surface area contributed by atoms with Crippen LogP contribution in [0, 0.1) is 5.92 Å². The van der Waals surface area contributed by atoms with Crippen LogP contribution in [0.2, 0.25) is 0 Å². The number of carbonyl (C=O) groups is 1. The number of benzene rings is 1. The first-order chi connectivity index (χ1) is 14.7. The van der Waals surface area contributed by atoms with Crippen LogP contribution in [-0.2, 0) is 11.2 Å². The normalized spacial score (nSPS) is 16.3. The summed E-state index contributed by atoms with van der Waals surface area (Å²) < 4.78 is 0. The summed E-state index contributed by atoms with van der Waals surface area (Å²) in [4.78, 5) is 24.1. The van der Waals surface area contributed by atoms with E-state index >= 15 is 0 Å². The second kappa shape index (κ2) is 9.96. The van der Waals surface area contributed by atoms with Gasteiger partial charge in [0, 0.05) is 18.1 Å². The van der Waals surface area contributed by atoms with Gasteiger partial charge in [0.25, 0.3) is 0 Å². The van der Waals surface area contributed by atoms with Crippen LogP contribution in [-0.4, -0.2) is 40.4 Å². The molecule has 1 aliphatic heterocycles. The number of rotatable bonds is 7. The van der Waals surface area contributed by atoms with E-state index in [1.807, 2.05) is 29.6 Å². The van der Waals surface area contributed by atoms with Gasteiger partial charge in [0.05, 0.1) is 23.9 Å². The molecule has 3 heterocycles. The van der Waals surface area contributed by atoms with E-state index < -0.39 is 0 Å². The summed E-state index contributed by atoms with van der Waals surface area (Å²) >= 11 is 1.53. The Morgan fingerprint density at radius 2 is 1.93 bits per heavy atom. The maximum absolute atomic E-state index is 12.6. The molecule has 1 amide bonds. The lowest BCUT2D eigenvalue weighted by molar-refractivity contribution is -0.120. The van der Waals surface area contributed by atoms with E-state index in [9.17, 15) is 4.79 Å². The zero-order valence-electron chi connectivity index (χ0n) is 17.3. The van der Waals surface area contributed by atoms with Crippen molar-refractivity contribution in [3.05, 3.63) is 71.4 Å². The molecule has 0 radical (unpaired) electrons. The van der Waals surface area contributed by atoms with Crippen LogP contribution in [0.3, 0.4) is 0 Å². The van der Waals surface area contributed by atoms with Crippen molar-refractivity contribution in [2.24, 2.45) is 5.92 Å². The largest absolute Gasteiger partial charge is 0.354 e. The van der Waals surface area contributed by atoms with E-state index in [1.54, 1.807) is 6.20 Å². The molecule has 2 aromatic heterocycles. The highest BCUT2D eigenvalue weighted by molar-refractivity contribution is 7.13. The standard InChI is InChI=1S/C24H28N4OS/c1-18-10-13-28(14-11-18)22(19-7-3-2-4-8-19)16-26-23(29)15-20-17-30-24(27-20)21-9-5-6-12-25-21/h2-9,12,17-18,22H,10-11,13-16H2,1H3,(H,26,29). The molecule has 1 fully saturated rings. The molecule has 6 heteroatoms. The number of pyridine rings is 1. The van der Waals surface area contributed by atoms with Crippen molar-refractivity contribution in [3.8, 4) is 10.7 Å². The average Bonchev–Trinajstić information content (AvgIpc) is 3.25. The van der Waals surface area contributed by atoms with Crippen LogP contribution in [0.25, 0.3) is 10.7 Å². The minimum atomic E-state index is 0.0131. The van der Waals surface area contributed by atoms with Crippen molar-refractivity contribution < 1.29 is 4.79 Å². The van der Waals surface area contributed by atoms with Crippen molar-refractivity contribution in [1.82, 2.24) is 20.2 Å². The number of nitrogens with one attached hydrogen (secondary N) is 1. The number of piperidine rings is 1. The molecule has 4 rings (SSSR count). The van der Waals surface area contributed by atoms with Gasteiger partial charge in [-0.15, -0.1) is 11.3 Å². The molecule has 5 nitrogen and oxygen atoms in total. The predicted molar refractivity (Wildman–Crippen MR) is 121 cm³/mol.